The van der Waals surface area contributed by atoms with Crippen LogP contribution in [0.1, 0.15) is 36.0 Å². The van der Waals surface area contributed by atoms with Gasteiger partial charge in [-0.25, -0.2) is 9.67 Å². The molecule has 1 aliphatic rings. The van der Waals surface area contributed by atoms with E-state index in [4.69, 9.17) is 4.74 Å². The highest BCUT2D eigenvalue weighted by molar-refractivity contribution is 5.81. The third kappa shape index (κ3) is 3.91. The van der Waals surface area contributed by atoms with Crippen LogP contribution in [0.5, 0.6) is 0 Å². The van der Waals surface area contributed by atoms with Gasteiger partial charge in [-0.1, -0.05) is 0 Å². The average Bonchev–Trinajstić information content (AvgIpc) is 3.21. The smallest absolute Gasteiger partial charge is 0.325 e. The van der Waals surface area contributed by atoms with Crippen molar-refractivity contribution in [3.8, 4) is 5.95 Å². The molecular weight excluding hydrogens is 350 g/mol. The lowest BCUT2D eigenvalue weighted by molar-refractivity contribution is -0.143. The van der Waals surface area contributed by atoms with Crippen molar-refractivity contribution in [3.63, 3.8) is 0 Å². The number of aromatic nitrogens is 4. The van der Waals surface area contributed by atoms with Crippen LogP contribution < -0.4 is 10.9 Å². The molecule has 9 heteroatoms. The molecule has 0 saturated carbocycles. The average molecular weight is 373 g/mol. The zero-order valence-electron chi connectivity index (χ0n) is 15.7. The fourth-order valence-electron chi connectivity index (χ4n) is 3.23. The van der Waals surface area contributed by atoms with Gasteiger partial charge in [0.2, 0.25) is 11.9 Å². The first-order chi connectivity index (χ1) is 12.9. The number of ether oxygens (including phenoxy) is 1. The molecule has 9 nitrogen and oxygen atoms in total. The Morgan fingerprint density at radius 1 is 1.30 bits per heavy atom. The molecule has 0 aliphatic heterocycles. The highest BCUT2D eigenvalue weighted by Crippen LogP contribution is 2.19. The quantitative estimate of drug-likeness (QED) is 0.726. The number of amides is 1. The molecule has 27 heavy (non-hydrogen) atoms. The van der Waals surface area contributed by atoms with Crippen LogP contribution in [-0.2, 0) is 33.7 Å². The predicted molar refractivity (Wildman–Crippen MR) is 96.8 cm³/mol. The van der Waals surface area contributed by atoms with Crippen molar-refractivity contribution in [2.75, 3.05) is 13.2 Å². The van der Waals surface area contributed by atoms with Crippen LogP contribution in [-0.4, -0.2) is 44.4 Å². The van der Waals surface area contributed by atoms with Gasteiger partial charge in [0.15, 0.2) is 0 Å². The summed E-state index contributed by atoms with van der Waals surface area (Å²) < 4.78 is 7.69. The normalized spacial score (nSPS) is 12.7. The van der Waals surface area contributed by atoms with E-state index in [9.17, 15) is 14.4 Å². The van der Waals surface area contributed by atoms with Gasteiger partial charge in [0.1, 0.15) is 13.1 Å². The van der Waals surface area contributed by atoms with Gasteiger partial charge < -0.3 is 10.1 Å². The van der Waals surface area contributed by atoms with E-state index < -0.39 is 11.9 Å². The lowest BCUT2D eigenvalue weighted by atomic mass is 10.2. The third-order valence-corrected chi connectivity index (χ3v) is 4.40. The minimum atomic E-state index is -0.524. The van der Waals surface area contributed by atoms with Gasteiger partial charge in [-0.15, -0.1) is 0 Å². The minimum Gasteiger partial charge on any atom is -0.465 e. The predicted octanol–water partition coefficient (Wildman–Crippen LogP) is 0.214. The number of nitrogens with one attached hydrogen (secondary N) is 1. The summed E-state index contributed by atoms with van der Waals surface area (Å²) >= 11 is 0. The largest absolute Gasteiger partial charge is 0.465 e. The summed E-state index contributed by atoms with van der Waals surface area (Å²) in [6.45, 7) is 5.16. The van der Waals surface area contributed by atoms with Crippen molar-refractivity contribution in [2.24, 2.45) is 0 Å². The number of carbonyl (C=O) groups excluding carboxylic acids is 2. The number of hydrogen-bond acceptors (Lipinski definition) is 6. The number of fused-ring (bicyclic) bond motifs is 1. The van der Waals surface area contributed by atoms with E-state index in [0.29, 0.717) is 17.9 Å². The highest BCUT2D eigenvalue weighted by Gasteiger charge is 2.24. The molecule has 0 unspecified atom stereocenters. The second-order valence-electron chi connectivity index (χ2n) is 6.50. The van der Waals surface area contributed by atoms with E-state index in [1.807, 2.05) is 19.9 Å². The Bertz CT molecular complexity index is 944. The number of rotatable bonds is 6. The van der Waals surface area contributed by atoms with Crippen molar-refractivity contribution in [3.05, 3.63) is 39.1 Å². The number of esters is 1. The van der Waals surface area contributed by atoms with Gasteiger partial charge in [0.05, 0.1) is 18.0 Å². The van der Waals surface area contributed by atoms with Crippen LogP contribution in [0.15, 0.2) is 10.9 Å². The molecule has 2 aromatic heterocycles. The molecule has 2 heterocycles. The maximum atomic E-state index is 13.0. The molecule has 1 aliphatic carbocycles. The van der Waals surface area contributed by atoms with Gasteiger partial charge in [-0.2, -0.15) is 5.10 Å². The van der Waals surface area contributed by atoms with E-state index in [2.05, 4.69) is 15.4 Å². The Kier molecular flexibility index (Phi) is 5.38. The summed E-state index contributed by atoms with van der Waals surface area (Å²) in [6.07, 6.45) is 2.27. The first-order valence-corrected chi connectivity index (χ1v) is 8.99. The first-order valence-electron chi connectivity index (χ1n) is 8.99. The minimum absolute atomic E-state index is 0.230. The van der Waals surface area contributed by atoms with E-state index in [0.717, 1.165) is 29.9 Å². The summed E-state index contributed by atoms with van der Waals surface area (Å²) in [5.41, 5.74) is 2.80. The fourth-order valence-corrected chi connectivity index (χ4v) is 3.23. The first kappa shape index (κ1) is 18.8. The Morgan fingerprint density at radius 2 is 2.07 bits per heavy atom. The van der Waals surface area contributed by atoms with Gasteiger partial charge in [0.25, 0.3) is 5.56 Å². The molecule has 0 radical (unpaired) electrons. The van der Waals surface area contributed by atoms with Gasteiger partial charge >= 0.3 is 5.97 Å². The maximum Gasteiger partial charge on any atom is 0.325 e. The molecule has 1 amide bonds. The molecule has 3 rings (SSSR count). The molecule has 0 atom stereocenters. The van der Waals surface area contributed by atoms with Crippen molar-refractivity contribution in [2.45, 2.75) is 46.6 Å². The summed E-state index contributed by atoms with van der Waals surface area (Å²) in [5.74, 6) is -0.672. The monoisotopic (exact) mass is 373 g/mol. The fraction of sp³-hybridized carbons (Fsp3) is 0.500. The van der Waals surface area contributed by atoms with Crippen LogP contribution in [0.4, 0.5) is 0 Å². The Hall–Kier alpha value is -2.97. The van der Waals surface area contributed by atoms with E-state index >= 15 is 0 Å². The highest BCUT2D eigenvalue weighted by atomic mass is 16.5. The second-order valence-corrected chi connectivity index (χ2v) is 6.50. The Balaban J connectivity index is 1.94. The number of aryl methyl sites for hydroxylation is 3. The lowest BCUT2D eigenvalue weighted by Crippen LogP contribution is -2.38. The van der Waals surface area contributed by atoms with E-state index in [1.54, 1.807) is 11.6 Å². The van der Waals surface area contributed by atoms with Crippen LogP contribution in [0.3, 0.4) is 0 Å². The summed E-state index contributed by atoms with van der Waals surface area (Å²) in [5, 5.41) is 6.88. The number of nitrogens with zero attached hydrogens (tertiary/aromatic N) is 4. The maximum absolute atomic E-state index is 13.0. The van der Waals surface area contributed by atoms with E-state index in [1.165, 1.54) is 4.57 Å². The Labute approximate surface area is 156 Å². The molecule has 0 saturated heterocycles. The Morgan fingerprint density at radius 3 is 2.74 bits per heavy atom. The molecule has 1 N–H and O–H groups in total. The van der Waals surface area contributed by atoms with E-state index in [-0.39, 0.29) is 25.3 Å². The SMILES string of the molecule is CCOC(=O)CNC(=O)Cn1c(-n2nc(C)cc2C)nc2c(c1=O)CCC2. The van der Waals surface area contributed by atoms with Crippen molar-refractivity contribution in [1.29, 1.82) is 0 Å². The standard InChI is InChI=1S/C18H23N5O4/c1-4-27-16(25)9-19-15(24)10-22-17(26)13-6-5-7-14(13)20-18(22)23-12(3)8-11(2)21-23/h8H,4-7,9-10H2,1-3H3,(H,19,24). The van der Waals surface area contributed by atoms with Crippen LogP contribution in [0.25, 0.3) is 5.95 Å². The summed E-state index contributed by atoms with van der Waals surface area (Å²) in [6, 6.07) is 1.88. The zero-order chi connectivity index (χ0) is 19.6. The van der Waals surface area contributed by atoms with Gasteiger partial charge in [-0.3, -0.25) is 19.0 Å². The number of carbonyl (C=O) groups is 2. The second kappa shape index (κ2) is 7.73. The van der Waals surface area contributed by atoms with Gasteiger partial charge in [-0.05, 0) is 46.1 Å². The zero-order valence-corrected chi connectivity index (χ0v) is 15.7. The van der Waals surface area contributed by atoms with Crippen LogP contribution in [0, 0.1) is 13.8 Å². The molecular formula is C18H23N5O4. The van der Waals surface area contributed by atoms with Crippen LogP contribution in [0.2, 0.25) is 0 Å². The molecule has 0 aromatic carbocycles. The topological polar surface area (TPSA) is 108 Å². The molecule has 0 spiro atoms. The summed E-state index contributed by atoms with van der Waals surface area (Å²) in [7, 11) is 0. The third-order valence-electron chi connectivity index (χ3n) is 4.40. The molecule has 2 aromatic rings. The molecule has 144 valence electrons. The molecule has 0 fully saturated rings. The van der Waals surface area contributed by atoms with Crippen LogP contribution >= 0.6 is 0 Å². The summed E-state index contributed by atoms with van der Waals surface area (Å²) in [4.78, 5) is 41.3. The van der Waals surface area contributed by atoms with Crippen molar-refractivity contribution in [1.82, 2.24) is 24.6 Å². The van der Waals surface area contributed by atoms with Gasteiger partial charge in [0, 0.05) is 11.3 Å². The number of hydrogen-bond donors (Lipinski definition) is 1. The lowest BCUT2D eigenvalue weighted by Gasteiger charge is -2.15. The molecule has 0 bridgehead atoms. The van der Waals surface area contributed by atoms with Crippen molar-refractivity contribution < 1.29 is 14.3 Å². The van der Waals surface area contributed by atoms with Crippen molar-refractivity contribution >= 4 is 11.9 Å².